The van der Waals surface area contributed by atoms with Gasteiger partial charge in [-0.25, -0.2) is 19.8 Å². The summed E-state index contributed by atoms with van der Waals surface area (Å²) >= 11 is 5.80. The lowest BCUT2D eigenvalue weighted by Gasteiger charge is -2.42. The Bertz CT molecular complexity index is 1080. The van der Waals surface area contributed by atoms with Gasteiger partial charge in [-0.1, -0.05) is 11.6 Å². The van der Waals surface area contributed by atoms with E-state index in [4.69, 9.17) is 11.6 Å². The van der Waals surface area contributed by atoms with Crippen LogP contribution in [0.1, 0.15) is 32.6 Å². The summed E-state index contributed by atoms with van der Waals surface area (Å²) in [5.74, 6) is -3.74. The van der Waals surface area contributed by atoms with Crippen molar-refractivity contribution in [2.24, 2.45) is 0 Å². The summed E-state index contributed by atoms with van der Waals surface area (Å²) in [7, 11) is 0. The molecule has 1 aromatic rings. The largest absolute Gasteiger partial charge is 0.358 e. The number of urea groups is 1. The van der Waals surface area contributed by atoms with Crippen molar-refractivity contribution in [1.82, 2.24) is 25.8 Å². The van der Waals surface area contributed by atoms with E-state index >= 15 is 0 Å². The Balaban J connectivity index is 1.74. The SMILES string of the molecule is CC(=O)C[C@@H](C=O)NC(=O)[C@@H]1CCCN2C(=O)CCN(NC(=O)C(=O)Nc3ccc(Cl)cc3)C(=O)N12. The Morgan fingerprint density at radius 1 is 1.11 bits per heavy atom. The second-order valence-electron chi connectivity index (χ2n) is 8.26. The number of aldehydes is 1. The Hall–Kier alpha value is -4.00. The van der Waals surface area contributed by atoms with Crippen LogP contribution in [-0.4, -0.2) is 81.9 Å². The fraction of sp³-hybridized carbons (Fsp3) is 0.409. The van der Waals surface area contributed by atoms with Crippen molar-refractivity contribution in [2.75, 3.05) is 18.4 Å². The van der Waals surface area contributed by atoms with Gasteiger partial charge in [0.1, 0.15) is 18.1 Å². The Morgan fingerprint density at radius 2 is 1.81 bits per heavy atom. The number of carbonyl (C=O) groups is 7. The van der Waals surface area contributed by atoms with E-state index in [2.05, 4.69) is 16.1 Å². The van der Waals surface area contributed by atoms with Crippen LogP contribution in [0.5, 0.6) is 0 Å². The molecule has 2 aliphatic rings. The second kappa shape index (κ2) is 11.6. The highest BCUT2D eigenvalue weighted by atomic mass is 35.5. The molecule has 2 atom stereocenters. The lowest BCUT2D eigenvalue weighted by Crippen LogP contribution is -2.65. The lowest BCUT2D eigenvalue weighted by atomic mass is 10.1. The molecule has 13 nitrogen and oxygen atoms in total. The number of ketones is 1. The third kappa shape index (κ3) is 6.36. The quantitative estimate of drug-likeness (QED) is 0.336. The highest BCUT2D eigenvalue weighted by Gasteiger charge is 2.44. The van der Waals surface area contributed by atoms with Gasteiger partial charge in [0.2, 0.25) is 11.8 Å². The van der Waals surface area contributed by atoms with Gasteiger partial charge in [0.05, 0.1) is 12.6 Å². The van der Waals surface area contributed by atoms with E-state index in [1.165, 1.54) is 31.2 Å². The van der Waals surface area contributed by atoms with E-state index in [1.54, 1.807) is 0 Å². The number of halogens is 1. The maximum atomic E-state index is 13.3. The van der Waals surface area contributed by atoms with Gasteiger partial charge in [0, 0.05) is 30.1 Å². The predicted octanol–water partition coefficient (Wildman–Crippen LogP) is 0.00620. The van der Waals surface area contributed by atoms with Gasteiger partial charge in [0.25, 0.3) is 0 Å². The molecule has 0 aliphatic carbocycles. The number of fused-ring (bicyclic) bond motifs is 1. The summed E-state index contributed by atoms with van der Waals surface area (Å²) < 4.78 is 0. The topological polar surface area (TPSA) is 165 Å². The van der Waals surface area contributed by atoms with Crippen LogP contribution >= 0.6 is 11.6 Å². The number of rotatable bonds is 7. The highest BCUT2D eigenvalue weighted by Crippen LogP contribution is 2.24. The average molecular weight is 521 g/mol. The van der Waals surface area contributed by atoms with Crippen LogP contribution in [-0.2, 0) is 28.8 Å². The molecular formula is C22H25ClN6O7. The van der Waals surface area contributed by atoms with Gasteiger partial charge >= 0.3 is 17.8 Å². The van der Waals surface area contributed by atoms with Crippen molar-refractivity contribution in [3.8, 4) is 0 Å². The third-order valence-corrected chi connectivity index (χ3v) is 5.77. The molecule has 192 valence electrons. The molecule has 0 unspecified atom stereocenters. The van der Waals surface area contributed by atoms with E-state index in [0.717, 1.165) is 15.0 Å². The number of hydrazine groups is 2. The maximum absolute atomic E-state index is 13.3. The predicted molar refractivity (Wildman–Crippen MR) is 125 cm³/mol. The zero-order valence-corrected chi connectivity index (χ0v) is 20.1. The molecule has 1 aromatic carbocycles. The molecule has 3 rings (SSSR count). The van der Waals surface area contributed by atoms with Crippen LogP contribution < -0.4 is 16.1 Å². The van der Waals surface area contributed by atoms with Crippen molar-refractivity contribution in [3.63, 3.8) is 0 Å². The van der Waals surface area contributed by atoms with Crippen LogP contribution in [0.4, 0.5) is 10.5 Å². The van der Waals surface area contributed by atoms with E-state index < -0.39 is 41.7 Å². The molecule has 2 heterocycles. The molecular weight excluding hydrogens is 496 g/mol. The van der Waals surface area contributed by atoms with Crippen LogP contribution in [0.3, 0.4) is 0 Å². The minimum absolute atomic E-state index is 0.164. The van der Waals surface area contributed by atoms with Crippen molar-refractivity contribution >= 4 is 59.0 Å². The first-order valence-corrected chi connectivity index (χ1v) is 11.5. The number of amides is 6. The van der Waals surface area contributed by atoms with Crippen LogP contribution in [0.15, 0.2) is 24.3 Å². The number of nitrogens with zero attached hydrogens (tertiary/aromatic N) is 3. The number of carbonyl (C=O) groups excluding carboxylic acids is 7. The standard InChI is InChI=1S/C22H25ClN6O7/c1-13(31)11-16(12-30)25-19(33)17-3-2-9-28-18(32)8-10-27(22(36)29(17)28)26-21(35)20(34)24-15-6-4-14(23)5-7-15/h4-7,12,16-17H,2-3,8-11H2,1H3,(H,24,34)(H,25,33)(H,26,35)/t16-,17-/m0/s1. The van der Waals surface area contributed by atoms with Crippen LogP contribution in [0.25, 0.3) is 0 Å². The number of hydrogen-bond donors (Lipinski definition) is 3. The number of hydrogen-bond acceptors (Lipinski definition) is 7. The molecule has 6 amide bonds. The molecule has 0 bridgehead atoms. The maximum Gasteiger partial charge on any atom is 0.358 e. The summed E-state index contributed by atoms with van der Waals surface area (Å²) in [6, 6.07) is 2.83. The molecule has 2 fully saturated rings. The van der Waals surface area contributed by atoms with Gasteiger partial charge in [-0.2, -0.15) is 0 Å². The fourth-order valence-corrected chi connectivity index (χ4v) is 3.96. The van der Waals surface area contributed by atoms with Gasteiger partial charge in [0.15, 0.2) is 0 Å². The minimum atomic E-state index is -1.18. The molecule has 0 radical (unpaired) electrons. The molecule has 3 N–H and O–H groups in total. The number of Topliss-reactive ketones (excluding diaryl/α,β-unsaturated/α-hetero) is 1. The highest BCUT2D eigenvalue weighted by molar-refractivity contribution is 6.39. The van der Waals surface area contributed by atoms with E-state index in [9.17, 15) is 33.6 Å². The Kier molecular flexibility index (Phi) is 8.59. The summed E-state index contributed by atoms with van der Waals surface area (Å²) in [5.41, 5.74) is 2.48. The number of benzene rings is 1. The van der Waals surface area contributed by atoms with Crippen LogP contribution in [0.2, 0.25) is 5.02 Å². The molecule has 2 aliphatic heterocycles. The van der Waals surface area contributed by atoms with Crippen molar-refractivity contribution < 1.29 is 33.6 Å². The zero-order valence-electron chi connectivity index (χ0n) is 19.4. The van der Waals surface area contributed by atoms with E-state index in [0.29, 0.717) is 23.4 Å². The summed E-state index contributed by atoms with van der Waals surface area (Å²) in [6.45, 7) is 1.20. The van der Waals surface area contributed by atoms with E-state index in [1.807, 2.05) is 0 Å². The van der Waals surface area contributed by atoms with Gasteiger partial charge in [-0.3, -0.25) is 29.4 Å². The van der Waals surface area contributed by atoms with Gasteiger partial charge in [-0.05, 0) is 44.0 Å². The molecule has 2 saturated heterocycles. The molecule has 0 saturated carbocycles. The lowest BCUT2D eigenvalue weighted by molar-refractivity contribution is -0.155. The molecule has 14 heteroatoms. The molecule has 0 spiro atoms. The number of anilines is 1. The number of nitrogens with one attached hydrogen (secondary N) is 3. The fourth-order valence-electron chi connectivity index (χ4n) is 3.83. The smallest absolute Gasteiger partial charge is 0.344 e. The van der Waals surface area contributed by atoms with Crippen LogP contribution in [0, 0.1) is 0 Å². The van der Waals surface area contributed by atoms with Crippen molar-refractivity contribution in [3.05, 3.63) is 29.3 Å². The molecule has 36 heavy (non-hydrogen) atoms. The third-order valence-electron chi connectivity index (χ3n) is 5.51. The summed E-state index contributed by atoms with van der Waals surface area (Å²) in [4.78, 5) is 86.4. The second-order valence-corrected chi connectivity index (χ2v) is 8.70. The normalized spacial score (nSPS) is 18.5. The van der Waals surface area contributed by atoms with Gasteiger partial charge in [-0.15, -0.1) is 0 Å². The monoisotopic (exact) mass is 520 g/mol. The van der Waals surface area contributed by atoms with Crippen molar-refractivity contribution in [1.29, 1.82) is 0 Å². The first kappa shape index (κ1) is 26.6. The first-order chi connectivity index (χ1) is 17.1. The minimum Gasteiger partial charge on any atom is -0.344 e. The molecule has 0 aromatic heterocycles. The first-order valence-electron chi connectivity index (χ1n) is 11.1. The summed E-state index contributed by atoms with van der Waals surface area (Å²) in [5, 5.41) is 8.05. The Morgan fingerprint density at radius 3 is 2.44 bits per heavy atom. The summed E-state index contributed by atoms with van der Waals surface area (Å²) in [6.07, 6.45) is 0.606. The van der Waals surface area contributed by atoms with Gasteiger partial charge < -0.3 is 15.4 Å². The zero-order chi connectivity index (χ0) is 26.4. The average Bonchev–Trinajstić information content (AvgIpc) is 2.96. The Labute approximate surface area is 211 Å². The van der Waals surface area contributed by atoms with Crippen molar-refractivity contribution in [2.45, 2.75) is 44.7 Å². The van der Waals surface area contributed by atoms with E-state index in [-0.39, 0.29) is 38.1 Å².